The molecule has 29 heavy (non-hydrogen) atoms. The van der Waals surface area contributed by atoms with E-state index in [-0.39, 0.29) is 26.2 Å². The van der Waals surface area contributed by atoms with Crippen molar-refractivity contribution in [3.63, 3.8) is 0 Å². The third kappa shape index (κ3) is 3.54. The summed E-state index contributed by atoms with van der Waals surface area (Å²) in [6.07, 6.45) is 0. The molecule has 152 valence electrons. The first-order chi connectivity index (χ1) is 13.5. The first kappa shape index (κ1) is 22.0. The molecule has 0 saturated carbocycles. The smallest absolute Gasteiger partial charge is 0.283 e. The molecule has 0 aliphatic heterocycles. The largest absolute Gasteiger partial charge is 0.508 e. The second-order valence-corrected chi connectivity index (χ2v) is 9.24. The summed E-state index contributed by atoms with van der Waals surface area (Å²) < 4.78 is 34.0. The summed E-state index contributed by atoms with van der Waals surface area (Å²) in [5, 5.41) is 20.3. The van der Waals surface area contributed by atoms with Crippen LogP contribution in [0.15, 0.2) is 54.6 Å². The number of halogens is 4. The van der Waals surface area contributed by atoms with Gasteiger partial charge in [0.15, 0.2) is 4.75 Å². The summed E-state index contributed by atoms with van der Waals surface area (Å²) in [7, 11) is -5.17. The summed E-state index contributed by atoms with van der Waals surface area (Å²) in [5.41, 5.74) is -0.836. The average Bonchev–Trinajstić information content (AvgIpc) is 2.63. The number of benzene rings is 3. The second-order valence-electron chi connectivity index (χ2n) is 6.05. The van der Waals surface area contributed by atoms with Gasteiger partial charge in [0, 0.05) is 26.2 Å². The van der Waals surface area contributed by atoms with E-state index in [0.717, 1.165) is 12.1 Å². The fourth-order valence-corrected chi connectivity index (χ4v) is 5.88. The van der Waals surface area contributed by atoms with E-state index in [1.54, 1.807) is 0 Å². The maximum absolute atomic E-state index is 13.0. The van der Waals surface area contributed by atoms with Crippen LogP contribution in [0.2, 0.25) is 20.1 Å². The predicted molar refractivity (Wildman–Crippen MR) is 114 cm³/mol. The van der Waals surface area contributed by atoms with Crippen molar-refractivity contribution >= 4 is 56.5 Å². The van der Waals surface area contributed by atoms with Gasteiger partial charge >= 0.3 is 0 Å². The molecular weight excluding hydrogens is 482 g/mol. The lowest BCUT2D eigenvalue weighted by Crippen LogP contribution is -2.39. The average molecular weight is 494 g/mol. The first-order valence-corrected chi connectivity index (χ1v) is 10.9. The summed E-state index contributed by atoms with van der Waals surface area (Å²) in [4.78, 5) is 0. The third-order valence-electron chi connectivity index (χ3n) is 4.40. The summed E-state index contributed by atoms with van der Waals surface area (Å²) in [5.74, 6) is -1.14. The minimum Gasteiger partial charge on any atom is -0.508 e. The molecule has 3 N–H and O–H groups in total. The van der Waals surface area contributed by atoms with Crippen LogP contribution in [0.4, 0.5) is 0 Å². The van der Waals surface area contributed by atoms with Crippen molar-refractivity contribution in [2.45, 2.75) is 4.75 Å². The molecule has 3 aromatic rings. The molecule has 1 unspecified atom stereocenters. The van der Waals surface area contributed by atoms with E-state index >= 15 is 0 Å². The third-order valence-corrected chi connectivity index (χ3v) is 7.09. The summed E-state index contributed by atoms with van der Waals surface area (Å²) in [6, 6.07) is 11.7. The highest BCUT2D eigenvalue weighted by Crippen LogP contribution is 2.54. The second kappa shape index (κ2) is 7.87. The van der Waals surface area contributed by atoms with Gasteiger partial charge in [0.2, 0.25) is 0 Å². The Morgan fingerprint density at radius 2 is 1.24 bits per heavy atom. The van der Waals surface area contributed by atoms with E-state index in [4.69, 9.17) is 46.4 Å². The zero-order valence-corrected chi connectivity index (χ0v) is 18.1. The fraction of sp³-hybridized carbons (Fsp3) is 0.0526. The highest BCUT2D eigenvalue weighted by atomic mass is 35.5. The molecular formula is C19H12Cl4O5S. The number of rotatable bonds is 4. The molecule has 0 bridgehead atoms. The van der Waals surface area contributed by atoms with Gasteiger partial charge in [-0.2, -0.15) is 8.42 Å². The van der Waals surface area contributed by atoms with Crippen LogP contribution in [0.1, 0.15) is 16.7 Å². The van der Waals surface area contributed by atoms with Crippen molar-refractivity contribution in [2.24, 2.45) is 0 Å². The Morgan fingerprint density at radius 3 is 1.76 bits per heavy atom. The summed E-state index contributed by atoms with van der Waals surface area (Å²) >= 11 is 24.8. The molecule has 0 heterocycles. The molecule has 0 fully saturated rings. The van der Waals surface area contributed by atoms with E-state index in [1.807, 2.05) is 0 Å². The lowest BCUT2D eigenvalue weighted by molar-refractivity contribution is 0.434. The highest BCUT2D eigenvalue weighted by Gasteiger charge is 2.53. The molecule has 0 saturated heterocycles. The summed E-state index contributed by atoms with van der Waals surface area (Å²) in [6.45, 7) is 0. The van der Waals surface area contributed by atoms with Gasteiger partial charge < -0.3 is 10.2 Å². The van der Waals surface area contributed by atoms with Crippen LogP contribution in [-0.2, 0) is 14.9 Å². The highest BCUT2D eigenvalue weighted by molar-refractivity contribution is 7.87. The monoisotopic (exact) mass is 492 g/mol. The van der Waals surface area contributed by atoms with Gasteiger partial charge in [0.05, 0.1) is 5.02 Å². The Morgan fingerprint density at radius 1 is 0.724 bits per heavy atom. The van der Waals surface area contributed by atoms with Crippen molar-refractivity contribution in [1.82, 2.24) is 0 Å². The quantitative estimate of drug-likeness (QED) is 0.239. The Labute approximate surface area is 186 Å². The maximum Gasteiger partial charge on any atom is 0.283 e. The van der Waals surface area contributed by atoms with Crippen LogP contribution < -0.4 is 0 Å². The lowest BCUT2D eigenvalue weighted by atomic mass is 9.83. The standard InChI is InChI=1S/C19H12Cl4O5S/c20-11-6-4-10(5-7-11)19(29(26,27)28,16-12(21)2-1-3-13(16)22)17-14(24)8-9-15(25)18(17)23/h1-9,24-25H,(H,26,27,28). The Balaban J connectivity index is 2.68. The zero-order valence-electron chi connectivity index (χ0n) is 14.3. The van der Waals surface area contributed by atoms with Crippen LogP contribution >= 0.6 is 46.4 Å². The van der Waals surface area contributed by atoms with E-state index < -0.39 is 37.0 Å². The topological polar surface area (TPSA) is 94.8 Å². The normalized spacial score (nSPS) is 13.8. The molecule has 0 spiro atoms. The Bertz CT molecular complexity index is 1180. The van der Waals surface area contributed by atoms with Gasteiger partial charge in [-0.05, 0) is 42.0 Å². The van der Waals surface area contributed by atoms with Gasteiger partial charge in [-0.15, -0.1) is 0 Å². The van der Waals surface area contributed by atoms with Gasteiger partial charge in [-0.1, -0.05) is 64.6 Å². The van der Waals surface area contributed by atoms with Crippen LogP contribution in [-0.4, -0.2) is 23.2 Å². The van der Waals surface area contributed by atoms with Crippen molar-refractivity contribution in [1.29, 1.82) is 0 Å². The van der Waals surface area contributed by atoms with E-state index in [1.165, 1.54) is 42.5 Å². The van der Waals surface area contributed by atoms with E-state index in [9.17, 15) is 23.2 Å². The molecule has 0 amide bonds. The van der Waals surface area contributed by atoms with Gasteiger partial charge in [-0.25, -0.2) is 0 Å². The molecule has 1 atom stereocenters. The number of hydrogen-bond donors (Lipinski definition) is 3. The first-order valence-electron chi connectivity index (χ1n) is 7.90. The number of aromatic hydroxyl groups is 2. The van der Waals surface area contributed by atoms with Gasteiger partial charge in [0.25, 0.3) is 10.1 Å². The Kier molecular flexibility index (Phi) is 5.98. The Hall–Kier alpha value is -1.67. The fourth-order valence-electron chi connectivity index (χ4n) is 3.23. The molecule has 0 radical (unpaired) electrons. The van der Waals surface area contributed by atoms with Crippen LogP contribution in [0.25, 0.3) is 0 Å². The van der Waals surface area contributed by atoms with Crippen LogP contribution in [0, 0.1) is 0 Å². The number of hydrogen-bond acceptors (Lipinski definition) is 4. The van der Waals surface area contributed by atoms with Crippen molar-refractivity contribution in [2.75, 3.05) is 0 Å². The van der Waals surface area contributed by atoms with Crippen molar-refractivity contribution in [3.8, 4) is 11.5 Å². The SMILES string of the molecule is O=S(=O)(O)C(c1ccc(Cl)cc1)(c1c(Cl)cccc1Cl)c1c(O)ccc(O)c1Cl. The minimum atomic E-state index is -5.17. The lowest BCUT2D eigenvalue weighted by Gasteiger charge is -2.35. The van der Waals surface area contributed by atoms with Gasteiger partial charge in [0.1, 0.15) is 11.5 Å². The van der Waals surface area contributed by atoms with Crippen LogP contribution in [0.5, 0.6) is 11.5 Å². The van der Waals surface area contributed by atoms with Crippen molar-refractivity contribution in [3.05, 3.63) is 91.4 Å². The van der Waals surface area contributed by atoms with Crippen LogP contribution in [0.3, 0.4) is 0 Å². The van der Waals surface area contributed by atoms with E-state index in [0.29, 0.717) is 0 Å². The molecule has 0 aliphatic carbocycles. The molecule has 3 rings (SSSR count). The van der Waals surface area contributed by atoms with Gasteiger partial charge in [-0.3, -0.25) is 4.55 Å². The molecule has 10 heteroatoms. The zero-order chi connectivity index (χ0) is 21.6. The maximum atomic E-state index is 13.0. The minimum absolute atomic E-state index is 0.0674. The molecule has 3 aromatic carbocycles. The molecule has 5 nitrogen and oxygen atoms in total. The predicted octanol–water partition coefficient (Wildman–Crippen LogP) is 5.89. The number of phenols is 2. The molecule has 0 aromatic heterocycles. The van der Waals surface area contributed by atoms with E-state index in [2.05, 4.69) is 0 Å². The van der Waals surface area contributed by atoms with Crippen molar-refractivity contribution < 1.29 is 23.2 Å². The number of phenolic OH excluding ortho intramolecular Hbond substituents is 2. The molecule has 0 aliphatic rings.